The number of rotatable bonds is 7. The van der Waals surface area contributed by atoms with Gasteiger partial charge < -0.3 is 15.4 Å². The lowest BCUT2D eigenvalue weighted by Crippen LogP contribution is -2.47. The van der Waals surface area contributed by atoms with E-state index < -0.39 is 0 Å². The molecule has 1 atom stereocenters. The van der Waals surface area contributed by atoms with Gasteiger partial charge in [0.05, 0.1) is 18.8 Å². The van der Waals surface area contributed by atoms with Crippen LogP contribution in [0.1, 0.15) is 30.0 Å². The fourth-order valence-electron chi connectivity index (χ4n) is 3.45. The molecule has 1 aromatic carbocycles. The number of hydrogen-bond acceptors (Lipinski definition) is 6. The van der Waals surface area contributed by atoms with Gasteiger partial charge in [0.1, 0.15) is 17.4 Å². The second kappa shape index (κ2) is 11.5. The molecular weight excluding hydrogens is 525 g/mol. The number of guanidine groups is 1. The summed E-state index contributed by atoms with van der Waals surface area (Å²) in [5.74, 6) is 2.57. The maximum absolute atomic E-state index is 5.14. The number of thiazole rings is 1. The van der Waals surface area contributed by atoms with Crippen LogP contribution in [-0.2, 0) is 30.9 Å². The fourth-order valence-corrected chi connectivity index (χ4v) is 4.18. The van der Waals surface area contributed by atoms with Crippen molar-refractivity contribution in [3.63, 3.8) is 0 Å². The number of nitrogens with one attached hydrogen (secondary N) is 2. The number of fused-ring (bicyclic) bond motifs is 1. The lowest BCUT2D eigenvalue weighted by Gasteiger charge is -2.25. The van der Waals surface area contributed by atoms with E-state index in [1.165, 1.54) is 0 Å². The van der Waals surface area contributed by atoms with Gasteiger partial charge in [-0.25, -0.2) is 19.6 Å². The molecule has 8 nitrogen and oxygen atoms in total. The Hall–Kier alpha value is -2.05. The van der Waals surface area contributed by atoms with E-state index in [4.69, 9.17) is 14.7 Å². The van der Waals surface area contributed by atoms with Crippen LogP contribution in [0.3, 0.4) is 0 Å². The van der Waals surface area contributed by atoms with Crippen LogP contribution in [0.25, 0.3) is 11.3 Å². The molecule has 4 rings (SSSR count). The summed E-state index contributed by atoms with van der Waals surface area (Å²) >= 11 is 1.64. The Morgan fingerprint density at radius 2 is 2.13 bits per heavy atom. The van der Waals surface area contributed by atoms with Gasteiger partial charge in [-0.05, 0) is 13.3 Å². The van der Waals surface area contributed by atoms with Crippen molar-refractivity contribution in [2.45, 2.75) is 45.5 Å². The molecule has 0 spiro atoms. The van der Waals surface area contributed by atoms with Crippen molar-refractivity contribution < 1.29 is 4.74 Å². The second-order valence-corrected chi connectivity index (χ2v) is 8.07. The molecule has 0 aliphatic carbocycles. The first-order valence-corrected chi connectivity index (χ1v) is 11.1. The molecular formula is C21H28IN7OS. The number of hydrogen-bond donors (Lipinski definition) is 2. The van der Waals surface area contributed by atoms with Crippen LogP contribution in [0.2, 0.25) is 0 Å². The smallest absolute Gasteiger partial charge is 0.191 e. The van der Waals surface area contributed by atoms with E-state index in [0.717, 1.165) is 59.8 Å². The lowest BCUT2D eigenvalue weighted by molar-refractivity contribution is 0.177. The standard InChI is InChI=1S/C21H27N7OS.HI/c1-3-22-21(23-11-20-25-17(14-30-20)15-7-5-4-6-8-15)24-16-9-10-19-26-18(13-29-2)27-28(19)12-16;/h4-8,14,16H,3,9-13H2,1-2H3,(H2,22,23,24);1H. The third-order valence-corrected chi connectivity index (χ3v) is 5.69. The highest BCUT2D eigenvalue weighted by Crippen LogP contribution is 2.22. The highest BCUT2D eigenvalue weighted by atomic mass is 127. The minimum Gasteiger partial charge on any atom is -0.377 e. The van der Waals surface area contributed by atoms with Gasteiger partial charge in [-0.1, -0.05) is 30.3 Å². The van der Waals surface area contributed by atoms with Gasteiger partial charge in [-0.15, -0.1) is 35.3 Å². The monoisotopic (exact) mass is 553 g/mol. The molecule has 0 radical (unpaired) electrons. The summed E-state index contributed by atoms with van der Waals surface area (Å²) in [4.78, 5) is 14.0. The molecule has 0 saturated heterocycles. The first kappa shape index (κ1) is 23.6. The van der Waals surface area contributed by atoms with Crippen LogP contribution < -0.4 is 10.6 Å². The Kier molecular flexibility index (Phi) is 8.79. The predicted octanol–water partition coefficient (Wildman–Crippen LogP) is 3.24. The maximum atomic E-state index is 5.14. The largest absolute Gasteiger partial charge is 0.377 e. The van der Waals surface area contributed by atoms with Crippen LogP contribution >= 0.6 is 35.3 Å². The summed E-state index contributed by atoms with van der Waals surface area (Å²) in [5, 5.41) is 14.5. The Morgan fingerprint density at radius 1 is 1.29 bits per heavy atom. The number of aromatic nitrogens is 4. The summed E-state index contributed by atoms with van der Waals surface area (Å²) in [7, 11) is 1.66. The minimum absolute atomic E-state index is 0. The quantitative estimate of drug-likeness (QED) is 0.266. The van der Waals surface area contributed by atoms with Crippen LogP contribution in [-0.4, -0.2) is 45.4 Å². The number of methoxy groups -OCH3 is 1. The third-order valence-electron chi connectivity index (χ3n) is 4.85. The van der Waals surface area contributed by atoms with Crippen LogP contribution in [0.15, 0.2) is 40.7 Å². The molecule has 0 fully saturated rings. The molecule has 1 aliphatic rings. The molecule has 0 saturated carbocycles. The lowest BCUT2D eigenvalue weighted by atomic mass is 10.1. The topological polar surface area (TPSA) is 89.2 Å². The van der Waals surface area contributed by atoms with Crippen molar-refractivity contribution >= 4 is 41.3 Å². The van der Waals surface area contributed by atoms with Gasteiger partial charge in [0, 0.05) is 37.1 Å². The summed E-state index contributed by atoms with van der Waals surface area (Å²) in [6, 6.07) is 10.5. The van der Waals surface area contributed by atoms with Crippen molar-refractivity contribution in [1.29, 1.82) is 0 Å². The molecule has 0 amide bonds. The molecule has 3 aromatic rings. The van der Waals surface area contributed by atoms with Gasteiger partial charge in [-0.3, -0.25) is 0 Å². The van der Waals surface area contributed by atoms with Crippen LogP contribution in [0.5, 0.6) is 0 Å². The molecule has 1 unspecified atom stereocenters. The van der Waals surface area contributed by atoms with E-state index in [0.29, 0.717) is 13.2 Å². The van der Waals surface area contributed by atoms with E-state index in [-0.39, 0.29) is 30.0 Å². The van der Waals surface area contributed by atoms with E-state index in [1.54, 1.807) is 18.4 Å². The zero-order valence-electron chi connectivity index (χ0n) is 17.7. The molecule has 3 heterocycles. The van der Waals surface area contributed by atoms with E-state index in [9.17, 15) is 0 Å². The van der Waals surface area contributed by atoms with Gasteiger partial charge in [0.25, 0.3) is 0 Å². The van der Waals surface area contributed by atoms with Crippen molar-refractivity contribution in [2.75, 3.05) is 13.7 Å². The third kappa shape index (κ3) is 6.23. The minimum atomic E-state index is 0. The molecule has 31 heavy (non-hydrogen) atoms. The zero-order valence-corrected chi connectivity index (χ0v) is 20.9. The number of ether oxygens (including phenoxy) is 1. The number of aliphatic imine (C=N–C) groups is 1. The Morgan fingerprint density at radius 3 is 2.90 bits per heavy atom. The number of aryl methyl sites for hydroxylation is 1. The molecule has 1 aliphatic heterocycles. The summed E-state index contributed by atoms with van der Waals surface area (Å²) in [6.07, 6.45) is 1.88. The first-order valence-electron chi connectivity index (χ1n) is 10.2. The fraction of sp³-hybridized carbons (Fsp3) is 0.429. The Labute approximate surface area is 203 Å². The average molecular weight is 553 g/mol. The van der Waals surface area contributed by atoms with E-state index >= 15 is 0 Å². The molecule has 2 aromatic heterocycles. The second-order valence-electron chi connectivity index (χ2n) is 7.13. The summed E-state index contributed by atoms with van der Waals surface area (Å²) < 4.78 is 7.12. The van der Waals surface area contributed by atoms with Crippen molar-refractivity contribution in [1.82, 2.24) is 30.4 Å². The van der Waals surface area contributed by atoms with E-state index in [1.807, 2.05) is 22.9 Å². The predicted molar refractivity (Wildman–Crippen MR) is 134 cm³/mol. The molecule has 2 N–H and O–H groups in total. The number of nitrogens with zero attached hydrogens (tertiary/aromatic N) is 5. The average Bonchev–Trinajstić information content (AvgIpc) is 3.39. The normalized spacial score (nSPS) is 15.8. The highest BCUT2D eigenvalue weighted by Gasteiger charge is 2.22. The molecule has 0 bridgehead atoms. The highest BCUT2D eigenvalue weighted by molar-refractivity contribution is 14.0. The van der Waals surface area contributed by atoms with E-state index in [2.05, 4.69) is 45.2 Å². The van der Waals surface area contributed by atoms with Crippen LogP contribution in [0, 0.1) is 0 Å². The van der Waals surface area contributed by atoms with Gasteiger partial charge in [0.2, 0.25) is 0 Å². The summed E-state index contributed by atoms with van der Waals surface area (Å²) in [5.41, 5.74) is 2.13. The Balaban J connectivity index is 0.00000272. The SMILES string of the molecule is CCNC(=NCc1nc(-c2ccccc2)cs1)NC1CCc2nc(COC)nn2C1.I. The van der Waals surface area contributed by atoms with Crippen molar-refractivity contribution in [3.8, 4) is 11.3 Å². The number of halogens is 1. The van der Waals surface area contributed by atoms with Crippen LogP contribution in [0.4, 0.5) is 0 Å². The van der Waals surface area contributed by atoms with Crippen molar-refractivity contribution in [3.05, 3.63) is 52.4 Å². The van der Waals surface area contributed by atoms with Gasteiger partial charge in [-0.2, -0.15) is 5.10 Å². The van der Waals surface area contributed by atoms with Gasteiger partial charge in [0.15, 0.2) is 11.8 Å². The molecule has 10 heteroatoms. The first-order chi connectivity index (χ1) is 14.7. The maximum Gasteiger partial charge on any atom is 0.191 e. The van der Waals surface area contributed by atoms with Gasteiger partial charge >= 0.3 is 0 Å². The summed E-state index contributed by atoms with van der Waals surface area (Å²) in [6.45, 7) is 4.64. The van der Waals surface area contributed by atoms with Crippen molar-refractivity contribution in [2.24, 2.45) is 4.99 Å². The number of benzene rings is 1. The molecule has 166 valence electrons. The Bertz CT molecular complexity index is 989. The zero-order chi connectivity index (χ0) is 20.8.